The number of carbonyl (C=O) groups is 1. The second kappa shape index (κ2) is 14.1. The van der Waals surface area contributed by atoms with Gasteiger partial charge in [0.2, 0.25) is 0 Å². The van der Waals surface area contributed by atoms with Gasteiger partial charge in [0.05, 0.1) is 0 Å². The van der Waals surface area contributed by atoms with Crippen LogP contribution in [0.1, 0.15) is 53.4 Å². The van der Waals surface area contributed by atoms with Crippen LogP contribution in [0.5, 0.6) is 0 Å². The number of nitrogens with one attached hydrogen (secondary N) is 3. The highest BCUT2D eigenvalue weighted by molar-refractivity contribution is 5.67. The molecule has 0 unspecified atom stereocenters. The Kier molecular flexibility index (Phi) is 13.6. The summed E-state index contributed by atoms with van der Waals surface area (Å²) < 4.78 is 5.26. The monoisotopic (exact) mass is 301 g/mol. The van der Waals surface area contributed by atoms with Crippen molar-refractivity contribution in [1.82, 2.24) is 16.0 Å². The van der Waals surface area contributed by atoms with Gasteiger partial charge in [0.25, 0.3) is 0 Å². The molecule has 0 aliphatic heterocycles. The number of unbranched alkanes of at least 4 members (excludes halogenated alkanes) is 3. The van der Waals surface area contributed by atoms with E-state index in [1.807, 2.05) is 0 Å². The summed E-state index contributed by atoms with van der Waals surface area (Å²) in [5.74, 6) is 0.453. The third-order valence-corrected chi connectivity index (χ3v) is 3.46. The predicted molar refractivity (Wildman–Crippen MR) is 88.7 cm³/mol. The molecular formula is C16H35N3O2. The first-order valence-corrected chi connectivity index (χ1v) is 8.46. The van der Waals surface area contributed by atoms with Crippen LogP contribution in [0.2, 0.25) is 0 Å². The molecule has 1 amide bonds. The van der Waals surface area contributed by atoms with Crippen LogP contribution < -0.4 is 16.0 Å². The van der Waals surface area contributed by atoms with Gasteiger partial charge in [0, 0.05) is 12.6 Å². The number of hydrogen-bond donors (Lipinski definition) is 3. The number of likely N-dealkylation sites (N-methyl/N-ethyl adjacent to an activating group) is 1. The lowest BCUT2D eigenvalue weighted by molar-refractivity contribution is 0.125. The molecule has 0 aromatic heterocycles. The Bertz CT molecular complexity index is 248. The first-order valence-electron chi connectivity index (χ1n) is 8.46. The van der Waals surface area contributed by atoms with Gasteiger partial charge in [-0.2, -0.15) is 0 Å². The van der Waals surface area contributed by atoms with E-state index < -0.39 is 0 Å². The van der Waals surface area contributed by atoms with Crippen molar-refractivity contribution in [2.75, 3.05) is 32.8 Å². The van der Waals surface area contributed by atoms with Crippen LogP contribution >= 0.6 is 0 Å². The molecule has 0 rings (SSSR count). The summed E-state index contributed by atoms with van der Waals surface area (Å²) in [5, 5.41) is 9.45. The molecule has 0 saturated heterocycles. The van der Waals surface area contributed by atoms with Crippen LogP contribution in [0.3, 0.4) is 0 Å². The summed E-state index contributed by atoms with van der Waals surface area (Å²) in [5.41, 5.74) is 0. The van der Waals surface area contributed by atoms with Crippen molar-refractivity contribution in [3.8, 4) is 0 Å². The maximum atomic E-state index is 11.6. The molecule has 126 valence electrons. The Hall–Kier alpha value is -0.810. The zero-order valence-corrected chi connectivity index (χ0v) is 14.3. The largest absolute Gasteiger partial charge is 0.448 e. The van der Waals surface area contributed by atoms with Crippen molar-refractivity contribution in [3.05, 3.63) is 0 Å². The molecule has 0 aliphatic carbocycles. The zero-order valence-electron chi connectivity index (χ0n) is 14.3. The van der Waals surface area contributed by atoms with Gasteiger partial charge in [0.1, 0.15) is 6.61 Å². The molecule has 0 aromatic rings. The molecule has 0 saturated carbocycles. The molecular weight excluding hydrogens is 266 g/mol. The molecule has 0 heterocycles. The van der Waals surface area contributed by atoms with Gasteiger partial charge >= 0.3 is 6.09 Å². The summed E-state index contributed by atoms with van der Waals surface area (Å²) in [4.78, 5) is 11.6. The van der Waals surface area contributed by atoms with E-state index in [1.165, 1.54) is 12.8 Å². The average Bonchev–Trinajstić information content (AvgIpc) is 2.46. The topological polar surface area (TPSA) is 62.4 Å². The van der Waals surface area contributed by atoms with Crippen molar-refractivity contribution in [2.24, 2.45) is 5.92 Å². The van der Waals surface area contributed by atoms with Crippen molar-refractivity contribution in [2.45, 2.75) is 59.4 Å². The highest BCUT2D eigenvalue weighted by atomic mass is 16.5. The molecule has 21 heavy (non-hydrogen) atoms. The molecule has 5 nitrogen and oxygen atoms in total. The van der Waals surface area contributed by atoms with E-state index in [0.717, 1.165) is 32.5 Å². The van der Waals surface area contributed by atoms with Crippen molar-refractivity contribution >= 4 is 6.09 Å². The number of alkyl carbamates (subject to hydrolysis) is 1. The van der Waals surface area contributed by atoms with Gasteiger partial charge in [-0.05, 0) is 38.4 Å². The molecule has 0 bridgehead atoms. The summed E-state index contributed by atoms with van der Waals surface area (Å²) in [7, 11) is 0. The minimum atomic E-state index is -0.300. The molecule has 0 fully saturated rings. The predicted octanol–water partition coefficient (Wildman–Crippen LogP) is 2.52. The number of rotatable bonds is 13. The fraction of sp³-hybridized carbons (Fsp3) is 0.938. The second-order valence-corrected chi connectivity index (χ2v) is 5.70. The minimum Gasteiger partial charge on any atom is -0.448 e. The van der Waals surface area contributed by atoms with Gasteiger partial charge in [0.15, 0.2) is 0 Å². The second-order valence-electron chi connectivity index (χ2n) is 5.70. The van der Waals surface area contributed by atoms with E-state index in [2.05, 4.69) is 43.6 Å². The summed E-state index contributed by atoms with van der Waals surface area (Å²) in [6.07, 6.45) is 4.28. The molecule has 0 spiro atoms. The minimum absolute atomic E-state index is 0.229. The smallest absolute Gasteiger partial charge is 0.407 e. The fourth-order valence-corrected chi connectivity index (χ4v) is 2.06. The van der Waals surface area contributed by atoms with E-state index in [4.69, 9.17) is 4.74 Å². The first-order chi connectivity index (χ1) is 10.1. The van der Waals surface area contributed by atoms with E-state index in [-0.39, 0.29) is 12.1 Å². The van der Waals surface area contributed by atoms with Gasteiger partial charge in [-0.3, -0.25) is 0 Å². The summed E-state index contributed by atoms with van der Waals surface area (Å²) >= 11 is 0. The number of ether oxygens (including phenoxy) is 1. The van der Waals surface area contributed by atoms with Gasteiger partial charge in [-0.1, -0.05) is 40.5 Å². The van der Waals surface area contributed by atoms with Crippen LogP contribution in [0, 0.1) is 5.92 Å². The van der Waals surface area contributed by atoms with Crippen LogP contribution in [-0.2, 0) is 4.74 Å². The molecule has 0 aliphatic rings. The van der Waals surface area contributed by atoms with Gasteiger partial charge in [-0.15, -0.1) is 0 Å². The van der Waals surface area contributed by atoms with Crippen LogP contribution in [0.4, 0.5) is 4.79 Å². The third-order valence-electron chi connectivity index (χ3n) is 3.46. The van der Waals surface area contributed by atoms with Crippen molar-refractivity contribution < 1.29 is 9.53 Å². The molecule has 3 N–H and O–H groups in total. The first kappa shape index (κ1) is 20.2. The van der Waals surface area contributed by atoms with E-state index >= 15 is 0 Å². The highest BCUT2D eigenvalue weighted by Gasteiger charge is 2.14. The van der Waals surface area contributed by atoms with Gasteiger partial charge < -0.3 is 20.7 Å². The molecule has 1 atom stereocenters. The lowest BCUT2D eigenvalue weighted by Crippen LogP contribution is -2.40. The van der Waals surface area contributed by atoms with Crippen LogP contribution in [0.15, 0.2) is 0 Å². The SMILES string of the molecule is CCNCCCCCCNC(=O)OC[C@H](NCC)C(C)C. The van der Waals surface area contributed by atoms with Crippen LogP contribution in [0.25, 0.3) is 0 Å². The Labute approximate surface area is 130 Å². The van der Waals surface area contributed by atoms with Crippen molar-refractivity contribution in [3.63, 3.8) is 0 Å². The molecule has 0 radical (unpaired) electrons. The maximum absolute atomic E-state index is 11.6. The number of hydrogen-bond acceptors (Lipinski definition) is 4. The highest BCUT2D eigenvalue weighted by Crippen LogP contribution is 2.02. The van der Waals surface area contributed by atoms with Gasteiger partial charge in [-0.25, -0.2) is 4.79 Å². The number of carbonyl (C=O) groups excluding carboxylic acids is 1. The quantitative estimate of drug-likeness (QED) is 0.457. The number of amides is 1. The zero-order chi connectivity index (χ0) is 15.9. The third kappa shape index (κ3) is 12.6. The van der Waals surface area contributed by atoms with E-state index in [0.29, 0.717) is 19.1 Å². The van der Waals surface area contributed by atoms with Crippen LogP contribution in [-0.4, -0.2) is 44.9 Å². The maximum Gasteiger partial charge on any atom is 0.407 e. The standard InChI is InChI=1S/C16H35N3O2/c1-5-17-11-9-7-8-10-12-19-16(20)21-13-15(14(3)4)18-6-2/h14-15,17-18H,5-13H2,1-4H3,(H,19,20)/t15-/m0/s1. The average molecular weight is 301 g/mol. The lowest BCUT2D eigenvalue weighted by Gasteiger charge is -2.21. The van der Waals surface area contributed by atoms with E-state index in [9.17, 15) is 4.79 Å². The summed E-state index contributed by atoms with van der Waals surface area (Å²) in [6.45, 7) is 12.6. The van der Waals surface area contributed by atoms with E-state index in [1.54, 1.807) is 0 Å². The van der Waals surface area contributed by atoms with Crippen molar-refractivity contribution in [1.29, 1.82) is 0 Å². The normalized spacial score (nSPS) is 12.4. The fourth-order valence-electron chi connectivity index (χ4n) is 2.06. The Balaban J connectivity index is 3.49. The molecule has 0 aromatic carbocycles. The summed E-state index contributed by atoms with van der Waals surface area (Å²) in [6, 6.07) is 0.229. The Morgan fingerprint density at radius 1 is 1.00 bits per heavy atom. The Morgan fingerprint density at radius 2 is 1.67 bits per heavy atom. The Morgan fingerprint density at radius 3 is 2.24 bits per heavy atom. The lowest BCUT2D eigenvalue weighted by atomic mass is 10.1. The molecule has 5 heteroatoms.